The highest BCUT2D eigenvalue weighted by Crippen LogP contribution is 2.38. The molecule has 3 rings (SSSR count). The third-order valence-electron chi connectivity index (χ3n) is 3.62. The molecule has 1 saturated carbocycles. The van der Waals surface area contributed by atoms with Gasteiger partial charge in [-0.05, 0) is 41.1 Å². The van der Waals surface area contributed by atoms with Crippen molar-refractivity contribution in [2.75, 3.05) is 0 Å². The molecule has 17 heavy (non-hydrogen) atoms. The van der Waals surface area contributed by atoms with Crippen LogP contribution in [0.4, 0.5) is 8.78 Å². The van der Waals surface area contributed by atoms with Crippen molar-refractivity contribution in [1.29, 1.82) is 0 Å². The Bertz CT molecular complexity index is 386. The number of hydrogen-bond acceptors (Lipinski definition) is 2. The monoisotopic (exact) mass is 279 g/mol. The van der Waals surface area contributed by atoms with Crippen molar-refractivity contribution in [2.45, 2.75) is 50.1 Å². The van der Waals surface area contributed by atoms with Crippen molar-refractivity contribution < 1.29 is 8.78 Å². The van der Waals surface area contributed by atoms with Crippen LogP contribution in [0.2, 0.25) is 0 Å². The van der Waals surface area contributed by atoms with E-state index in [9.17, 15) is 8.78 Å². The molecule has 0 spiro atoms. The molecular formula is C12H16ClF2NS. The molecule has 1 atom stereocenters. The van der Waals surface area contributed by atoms with Crippen molar-refractivity contribution in [3.63, 3.8) is 0 Å². The summed E-state index contributed by atoms with van der Waals surface area (Å²) < 4.78 is 25.4. The number of fused-ring (bicyclic) bond motifs is 1. The molecule has 1 nitrogen and oxygen atoms in total. The fraction of sp³-hybridized carbons (Fsp3) is 0.667. The van der Waals surface area contributed by atoms with E-state index in [0.717, 1.165) is 19.3 Å². The Hall–Kier alpha value is -0.190. The first-order valence-electron chi connectivity index (χ1n) is 5.80. The van der Waals surface area contributed by atoms with Crippen LogP contribution in [0, 0.1) is 0 Å². The Morgan fingerprint density at radius 2 is 1.88 bits per heavy atom. The van der Waals surface area contributed by atoms with Gasteiger partial charge in [-0.15, -0.1) is 12.4 Å². The molecule has 0 aromatic carbocycles. The highest BCUT2D eigenvalue weighted by Gasteiger charge is 2.45. The Morgan fingerprint density at radius 1 is 1.18 bits per heavy atom. The van der Waals surface area contributed by atoms with E-state index in [1.807, 2.05) is 0 Å². The summed E-state index contributed by atoms with van der Waals surface area (Å²) in [4.78, 5) is 0. The maximum atomic E-state index is 12.7. The molecule has 1 N–H and O–H groups in total. The van der Waals surface area contributed by atoms with Crippen LogP contribution in [0.15, 0.2) is 10.8 Å². The Labute approximate surface area is 110 Å². The highest BCUT2D eigenvalue weighted by molar-refractivity contribution is 7.08. The first kappa shape index (κ1) is 13.2. The number of halogens is 3. The van der Waals surface area contributed by atoms with Gasteiger partial charge in [-0.2, -0.15) is 11.3 Å². The van der Waals surface area contributed by atoms with E-state index in [-0.39, 0.29) is 31.3 Å². The van der Waals surface area contributed by atoms with Crippen molar-refractivity contribution in [1.82, 2.24) is 5.32 Å². The van der Waals surface area contributed by atoms with Crippen LogP contribution in [0.25, 0.3) is 0 Å². The van der Waals surface area contributed by atoms with Crippen LogP contribution in [0.5, 0.6) is 0 Å². The lowest BCUT2D eigenvalue weighted by Gasteiger charge is -2.39. The normalized spacial score (nSPS) is 26.8. The summed E-state index contributed by atoms with van der Waals surface area (Å²) in [6.07, 6.45) is 3.26. The molecule has 2 aliphatic carbocycles. The molecule has 1 heterocycles. The second-order valence-electron chi connectivity index (χ2n) is 4.99. The summed E-state index contributed by atoms with van der Waals surface area (Å²) in [7, 11) is 0. The van der Waals surface area contributed by atoms with Crippen LogP contribution in [0.3, 0.4) is 0 Å². The number of rotatable bonds is 2. The van der Waals surface area contributed by atoms with E-state index in [1.54, 1.807) is 11.3 Å². The molecular weight excluding hydrogens is 264 g/mol. The van der Waals surface area contributed by atoms with Gasteiger partial charge in [-0.3, -0.25) is 0 Å². The van der Waals surface area contributed by atoms with Crippen LogP contribution in [-0.2, 0) is 12.8 Å². The molecule has 96 valence electrons. The standard InChI is InChI=1S/C12H15F2NS.ClH/c13-12(14)4-11(5-12)15-10-2-1-8-6-16-7-9(8)3-10;/h6-7,10-11,15H,1-5H2;1H. The maximum absolute atomic E-state index is 12.7. The minimum Gasteiger partial charge on any atom is -0.310 e. The van der Waals surface area contributed by atoms with Crippen molar-refractivity contribution >= 4 is 23.7 Å². The lowest BCUT2D eigenvalue weighted by molar-refractivity contribution is -0.0949. The smallest absolute Gasteiger partial charge is 0.251 e. The van der Waals surface area contributed by atoms with Gasteiger partial charge in [0.1, 0.15) is 0 Å². The average Bonchev–Trinajstić information content (AvgIpc) is 2.61. The van der Waals surface area contributed by atoms with E-state index >= 15 is 0 Å². The number of nitrogens with one attached hydrogen (secondary N) is 1. The third kappa shape index (κ3) is 2.80. The molecule has 1 unspecified atom stereocenters. The first-order valence-corrected chi connectivity index (χ1v) is 6.74. The van der Waals surface area contributed by atoms with Gasteiger partial charge in [-0.1, -0.05) is 0 Å². The van der Waals surface area contributed by atoms with Gasteiger partial charge in [-0.25, -0.2) is 8.78 Å². The number of thiophene rings is 1. The molecule has 0 aliphatic heterocycles. The van der Waals surface area contributed by atoms with Crippen LogP contribution < -0.4 is 5.32 Å². The Kier molecular flexibility index (Phi) is 3.76. The zero-order valence-corrected chi connectivity index (χ0v) is 11.1. The average molecular weight is 280 g/mol. The van der Waals surface area contributed by atoms with E-state index in [0.29, 0.717) is 6.04 Å². The SMILES string of the molecule is Cl.FC1(F)CC(NC2CCc3cscc3C2)C1. The third-order valence-corrected chi connectivity index (χ3v) is 4.46. The fourth-order valence-corrected chi connectivity index (χ4v) is 3.61. The molecule has 2 aliphatic rings. The largest absolute Gasteiger partial charge is 0.310 e. The minimum absolute atomic E-state index is 0. The second kappa shape index (κ2) is 4.82. The summed E-state index contributed by atoms with van der Waals surface area (Å²) in [5.74, 6) is -2.40. The predicted molar refractivity (Wildman–Crippen MR) is 68.5 cm³/mol. The molecule has 0 bridgehead atoms. The van der Waals surface area contributed by atoms with Gasteiger partial charge in [0.05, 0.1) is 0 Å². The molecule has 1 aromatic heterocycles. The maximum Gasteiger partial charge on any atom is 0.251 e. The molecule has 1 fully saturated rings. The zero-order valence-electron chi connectivity index (χ0n) is 9.42. The Balaban J connectivity index is 0.00000108. The van der Waals surface area contributed by atoms with E-state index in [1.165, 1.54) is 11.1 Å². The summed E-state index contributed by atoms with van der Waals surface area (Å²) in [6, 6.07) is 0.448. The van der Waals surface area contributed by atoms with Crippen LogP contribution >= 0.6 is 23.7 Å². The fourth-order valence-electron chi connectivity index (χ4n) is 2.70. The van der Waals surface area contributed by atoms with E-state index in [4.69, 9.17) is 0 Å². The zero-order chi connectivity index (χ0) is 11.2. The first-order chi connectivity index (χ1) is 7.62. The van der Waals surface area contributed by atoms with Gasteiger partial charge < -0.3 is 5.32 Å². The lowest BCUT2D eigenvalue weighted by atomic mass is 9.85. The molecule has 1 aromatic rings. The van der Waals surface area contributed by atoms with Crippen molar-refractivity contribution in [3.05, 3.63) is 21.9 Å². The summed E-state index contributed by atoms with van der Waals surface area (Å²) in [5.41, 5.74) is 2.88. The van der Waals surface area contributed by atoms with Gasteiger partial charge in [0, 0.05) is 24.9 Å². The molecule has 0 amide bonds. The van der Waals surface area contributed by atoms with Crippen molar-refractivity contribution in [2.24, 2.45) is 0 Å². The summed E-state index contributed by atoms with van der Waals surface area (Å²) in [5, 5.41) is 7.77. The quantitative estimate of drug-likeness (QED) is 0.875. The molecule has 0 radical (unpaired) electrons. The number of aryl methyl sites for hydroxylation is 1. The van der Waals surface area contributed by atoms with Gasteiger partial charge >= 0.3 is 0 Å². The van der Waals surface area contributed by atoms with Gasteiger partial charge in [0.2, 0.25) is 0 Å². The van der Waals surface area contributed by atoms with Crippen LogP contribution in [0.1, 0.15) is 30.4 Å². The molecule has 5 heteroatoms. The predicted octanol–water partition coefficient (Wildman–Crippen LogP) is 3.41. The number of hydrogen-bond donors (Lipinski definition) is 1. The van der Waals surface area contributed by atoms with Crippen LogP contribution in [-0.4, -0.2) is 18.0 Å². The van der Waals surface area contributed by atoms with Gasteiger partial charge in [0.15, 0.2) is 0 Å². The van der Waals surface area contributed by atoms with E-state index in [2.05, 4.69) is 16.1 Å². The number of alkyl halides is 2. The van der Waals surface area contributed by atoms with Crippen molar-refractivity contribution in [3.8, 4) is 0 Å². The summed E-state index contributed by atoms with van der Waals surface area (Å²) in [6.45, 7) is 0. The topological polar surface area (TPSA) is 12.0 Å². The molecule has 0 saturated heterocycles. The highest BCUT2D eigenvalue weighted by atomic mass is 35.5. The Morgan fingerprint density at radius 3 is 2.59 bits per heavy atom. The second-order valence-corrected chi connectivity index (χ2v) is 5.73. The van der Waals surface area contributed by atoms with E-state index < -0.39 is 5.92 Å². The minimum atomic E-state index is -2.40. The lowest BCUT2D eigenvalue weighted by Crippen LogP contribution is -2.52. The summed E-state index contributed by atoms with van der Waals surface area (Å²) >= 11 is 1.75. The van der Waals surface area contributed by atoms with Gasteiger partial charge in [0.25, 0.3) is 5.92 Å².